The van der Waals surface area contributed by atoms with E-state index in [0.717, 1.165) is 11.3 Å². The normalized spacial score (nSPS) is 12.6. The van der Waals surface area contributed by atoms with Crippen LogP contribution in [0.2, 0.25) is 0 Å². The Bertz CT molecular complexity index is 427. The average Bonchev–Trinajstić information content (AvgIpc) is 2.96. The molecule has 0 bridgehead atoms. The number of ether oxygens (including phenoxy) is 1. The van der Waals surface area contributed by atoms with Crippen molar-refractivity contribution in [3.8, 4) is 5.88 Å². The van der Waals surface area contributed by atoms with Gasteiger partial charge < -0.3 is 14.5 Å². The zero-order valence-electron chi connectivity index (χ0n) is 9.14. The number of hydrogen-bond acceptors (Lipinski definition) is 6. The summed E-state index contributed by atoms with van der Waals surface area (Å²) in [7, 11) is 1.63. The van der Waals surface area contributed by atoms with E-state index in [0.29, 0.717) is 12.4 Å². The third-order valence-corrected chi connectivity index (χ3v) is 2.93. The minimum Gasteiger partial charge on any atom is -0.480 e. The molecule has 0 fully saturated rings. The molecule has 0 aromatic carbocycles. The highest BCUT2D eigenvalue weighted by Gasteiger charge is 2.13. The van der Waals surface area contributed by atoms with Crippen LogP contribution in [0.15, 0.2) is 22.5 Å². The molecular formula is C10H13N3O2S. The summed E-state index contributed by atoms with van der Waals surface area (Å²) in [5, 5.41) is 5.31. The monoisotopic (exact) mass is 239 g/mol. The Balaban J connectivity index is 1.95. The summed E-state index contributed by atoms with van der Waals surface area (Å²) < 4.78 is 14.2. The molecule has 0 spiro atoms. The second-order valence-electron chi connectivity index (χ2n) is 3.36. The van der Waals surface area contributed by atoms with Gasteiger partial charge >= 0.3 is 0 Å². The van der Waals surface area contributed by atoms with E-state index in [1.807, 2.05) is 5.38 Å². The first-order chi connectivity index (χ1) is 7.81. The van der Waals surface area contributed by atoms with E-state index in [1.54, 1.807) is 13.4 Å². The van der Waals surface area contributed by atoms with E-state index >= 15 is 0 Å². The van der Waals surface area contributed by atoms with Gasteiger partial charge in [-0.1, -0.05) is 0 Å². The minimum absolute atomic E-state index is 0.172. The predicted molar refractivity (Wildman–Crippen MR) is 60.4 cm³/mol. The van der Waals surface area contributed by atoms with E-state index in [9.17, 15) is 0 Å². The van der Waals surface area contributed by atoms with Crippen molar-refractivity contribution < 1.29 is 9.15 Å². The fraction of sp³-hybridized carbons (Fsp3) is 0.400. The van der Waals surface area contributed by atoms with Gasteiger partial charge in [-0.3, -0.25) is 0 Å². The number of methoxy groups -OCH3 is 1. The highest BCUT2D eigenvalue weighted by Crippen LogP contribution is 2.25. The molecule has 2 aromatic rings. The largest absolute Gasteiger partial charge is 0.480 e. The van der Waals surface area contributed by atoms with Crippen molar-refractivity contribution in [2.75, 3.05) is 7.11 Å². The van der Waals surface area contributed by atoms with Crippen molar-refractivity contribution in [3.63, 3.8) is 0 Å². The summed E-state index contributed by atoms with van der Waals surface area (Å²) in [6.07, 6.45) is 3.05. The van der Waals surface area contributed by atoms with Gasteiger partial charge in [-0.25, -0.2) is 4.98 Å². The van der Waals surface area contributed by atoms with Crippen LogP contribution in [0.3, 0.4) is 0 Å². The predicted octanol–water partition coefficient (Wildman–Crippen LogP) is 1.99. The fourth-order valence-electron chi connectivity index (χ4n) is 1.37. The second-order valence-corrected chi connectivity index (χ2v) is 3.99. The summed E-state index contributed by atoms with van der Waals surface area (Å²) >= 11 is 1.39. The Morgan fingerprint density at radius 1 is 1.62 bits per heavy atom. The summed E-state index contributed by atoms with van der Waals surface area (Å²) in [6.45, 7) is 2.73. The fourth-order valence-corrected chi connectivity index (χ4v) is 2.12. The third kappa shape index (κ3) is 2.40. The maximum Gasteiger partial charge on any atom is 0.229 e. The number of aromatic nitrogens is 2. The molecule has 0 radical (unpaired) electrons. The van der Waals surface area contributed by atoms with E-state index in [-0.39, 0.29) is 6.04 Å². The van der Waals surface area contributed by atoms with Crippen LogP contribution in [0.25, 0.3) is 0 Å². The molecule has 0 aliphatic carbocycles. The Morgan fingerprint density at radius 3 is 3.19 bits per heavy atom. The van der Waals surface area contributed by atoms with Gasteiger partial charge in [0.05, 0.1) is 12.8 Å². The van der Waals surface area contributed by atoms with Gasteiger partial charge in [0.2, 0.25) is 5.88 Å². The number of hydrogen-bond donors (Lipinski definition) is 1. The summed E-state index contributed by atoms with van der Waals surface area (Å²) in [5.74, 6) is 0.685. The van der Waals surface area contributed by atoms with Gasteiger partial charge in [-0.15, -0.1) is 0 Å². The molecule has 1 atom stereocenters. The highest BCUT2D eigenvalue weighted by atomic mass is 32.1. The molecule has 0 aliphatic rings. The van der Waals surface area contributed by atoms with Crippen molar-refractivity contribution in [2.45, 2.75) is 19.5 Å². The molecule has 2 aromatic heterocycles. The molecule has 1 N–H and O–H groups in total. The van der Waals surface area contributed by atoms with Gasteiger partial charge in [-0.2, -0.15) is 4.37 Å². The van der Waals surface area contributed by atoms with Crippen molar-refractivity contribution >= 4 is 11.5 Å². The van der Waals surface area contributed by atoms with Crippen LogP contribution in [-0.4, -0.2) is 16.5 Å². The molecule has 6 heteroatoms. The number of nitrogens with one attached hydrogen (secondary N) is 1. The Morgan fingerprint density at radius 2 is 2.50 bits per heavy atom. The molecule has 2 rings (SSSR count). The number of nitrogens with zero attached hydrogens (tertiary/aromatic N) is 2. The van der Waals surface area contributed by atoms with E-state index < -0.39 is 0 Å². The topological polar surface area (TPSA) is 60.2 Å². The molecule has 0 saturated heterocycles. The lowest BCUT2D eigenvalue weighted by molar-refractivity contribution is 0.390. The Labute approximate surface area is 97.6 Å². The maximum absolute atomic E-state index is 5.17. The number of oxazole rings is 1. The van der Waals surface area contributed by atoms with Crippen molar-refractivity contribution in [2.24, 2.45) is 0 Å². The van der Waals surface area contributed by atoms with Gasteiger partial charge in [-0.05, 0) is 18.5 Å². The first kappa shape index (κ1) is 11.1. The zero-order chi connectivity index (χ0) is 11.4. The van der Waals surface area contributed by atoms with Gasteiger partial charge in [0.25, 0.3) is 0 Å². The van der Waals surface area contributed by atoms with Gasteiger partial charge in [0, 0.05) is 23.5 Å². The van der Waals surface area contributed by atoms with E-state index in [4.69, 9.17) is 9.15 Å². The Kier molecular flexibility index (Phi) is 3.53. The summed E-state index contributed by atoms with van der Waals surface area (Å²) in [4.78, 5) is 4.04. The van der Waals surface area contributed by atoms with Crippen LogP contribution in [0.5, 0.6) is 5.88 Å². The zero-order valence-corrected chi connectivity index (χ0v) is 9.95. The van der Waals surface area contributed by atoms with Crippen LogP contribution in [0, 0.1) is 0 Å². The van der Waals surface area contributed by atoms with Crippen LogP contribution in [-0.2, 0) is 6.54 Å². The molecule has 1 unspecified atom stereocenters. The lowest BCUT2D eigenvalue weighted by Crippen LogP contribution is -2.18. The molecule has 0 saturated carbocycles. The van der Waals surface area contributed by atoms with Crippen molar-refractivity contribution in [1.29, 1.82) is 0 Å². The lowest BCUT2D eigenvalue weighted by atomic mass is 10.2. The lowest BCUT2D eigenvalue weighted by Gasteiger charge is -2.12. The standard InChI is InChI=1S/C10H13N3O2S/c1-7(9-5-16-13-10(9)14-2)11-3-8-4-15-6-12-8/h4-7,11H,3H2,1-2H3. The average molecular weight is 239 g/mol. The van der Waals surface area contributed by atoms with E-state index in [1.165, 1.54) is 17.9 Å². The molecule has 2 heterocycles. The van der Waals surface area contributed by atoms with Crippen LogP contribution in [0.4, 0.5) is 0 Å². The SMILES string of the molecule is COc1nscc1C(C)NCc1cocn1. The molecular weight excluding hydrogens is 226 g/mol. The smallest absolute Gasteiger partial charge is 0.229 e. The minimum atomic E-state index is 0.172. The Hall–Kier alpha value is -1.40. The van der Waals surface area contributed by atoms with Crippen molar-refractivity contribution in [1.82, 2.24) is 14.7 Å². The second kappa shape index (κ2) is 5.09. The molecule has 86 valence electrons. The van der Waals surface area contributed by atoms with Crippen LogP contribution < -0.4 is 10.1 Å². The summed E-state index contributed by atoms with van der Waals surface area (Å²) in [5.41, 5.74) is 1.95. The molecule has 16 heavy (non-hydrogen) atoms. The quantitative estimate of drug-likeness (QED) is 0.864. The first-order valence-corrected chi connectivity index (χ1v) is 5.73. The summed E-state index contributed by atoms with van der Waals surface area (Å²) in [6, 6.07) is 0.172. The van der Waals surface area contributed by atoms with Crippen LogP contribution >= 0.6 is 11.5 Å². The third-order valence-electron chi connectivity index (χ3n) is 2.29. The number of rotatable bonds is 5. The molecule has 5 nitrogen and oxygen atoms in total. The van der Waals surface area contributed by atoms with Gasteiger partial charge in [0.1, 0.15) is 6.26 Å². The van der Waals surface area contributed by atoms with Crippen LogP contribution in [0.1, 0.15) is 24.2 Å². The molecule has 0 aliphatic heterocycles. The van der Waals surface area contributed by atoms with Gasteiger partial charge in [0.15, 0.2) is 6.39 Å². The molecule has 0 amide bonds. The van der Waals surface area contributed by atoms with E-state index in [2.05, 4.69) is 21.6 Å². The van der Waals surface area contributed by atoms with Crippen molar-refractivity contribution in [3.05, 3.63) is 29.3 Å². The highest BCUT2D eigenvalue weighted by molar-refractivity contribution is 7.03. The first-order valence-electron chi connectivity index (χ1n) is 4.90. The maximum atomic E-state index is 5.17.